The summed E-state index contributed by atoms with van der Waals surface area (Å²) in [4.78, 5) is 12.7. The van der Waals surface area contributed by atoms with Crippen LogP contribution in [0.25, 0.3) is 0 Å². The Labute approximate surface area is 57.1 Å². The SMILES string of the molecule is COc1ccc(=O)[nH]c1O. The Morgan fingerprint density at radius 3 is 2.80 bits per heavy atom. The van der Waals surface area contributed by atoms with Crippen molar-refractivity contribution in [2.24, 2.45) is 0 Å². The van der Waals surface area contributed by atoms with E-state index < -0.39 is 0 Å². The van der Waals surface area contributed by atoms with Crippen LogP contribution in [0.5, 0.6) is 11.6 Å². The topological polar surface area (TPSA) is 62.3 Å². The fraction of sp³-hybridized carbons (Fsp3) is 0.167. The molecule has 0 saturated carbocycles. The molecule has 10 heavy (non-hydrogen) atoms. The first-order valence-corrected chi connectivity index (χ1v) is 2.70. The van der Waals surface area contributed by atoms with Crippen LogP contribution >= 0.6 is 0 Å². The third-order valence-corrected chi connectivity index (χ3v) is 1.08. The molecule has 4 heteroatoms. The van der Waals surface area contributed by atoms with Crippen LogP contribution in [0.1, 0.15) is 0 Å². The zero-order valence-corrected chi connectivity index (χ0v) is 5.42. The number of aromatic hydroxyl groups is 1. The van der Waals surface area contributed by atoms with Gasteiger partial charge in [-0.3, -0.25) is 9.78 Å². The van der Waals surface area contributed by atoms with Gasteiger partial charge in [0.05, 0.1) is 7.11 Å². The molecule has 1 heterocycles. The second-order valence-corrected chi connectivity index (χ2v) is 1.74. The van der Waals surface area contributed by atoms with E-state index in [2.05, 4.69) is 9.72 Å². The van der Waals surface area contributed by atoms with E-state index in [0.717, 1.165) is 0 Å². The molecule has 0 radical (unpaired) electrons. The molecule has 0 amide bonds. The van der Waals surface area contributed by atoms with Gasteiger partial charge in [0, 0.05) is 6.07 Å². The number of aromatic nitrogens is 1. The van der Waals surface area contributed by atoms with Gasteiger partial charge in [0.2, 0.25) is 5.88 Å². The second-order valence-electron chi connectivity index (χ2n) is 1.74. The zero-order valence-electron chi connectivity index (χ0n) is 5.42. The van der Waals surface area contributed by atoms with Crippen molar-refractivity contribution in [2.75, 3.05) is 7.11 Å². The third kappa shape index (κ3) is 1.10. The molecule has 4 nitrogen and oxygen atoms in total. The molecule has 1 aromatic rings. The predicted octanol–water partition coefficient (Wildman–Crippen LogP) is 0.0891. The summed E-state index contributed by atoms with van der Waals surface area (Å²) in [6.45, 7) is 0. The molecule has 1 rings (SSSR count). The van der Waals surface area contributed by atoms with Crippen molar-refractivity contribution in [3.8, 4) is 11.6 Å². The quantitative estimate of drug-likeness (QED) is 0.582. The van der Waals surface area contributed by atoms with Crippen LogP contribution in [0, 0.1) is 0 Å². The van der Waals surface area contributed by atoms with Crippen molar-refractivity contribution < 1.29 is 9.84 Å². The van der Waals surface area contributed by atoms with Crippen molar-refractivity contribution in [2.45, 2.75) is 0 Å². The van der Waals surface area contributed by atoms with Crippen molar-refractivity contribution in [3.05, 3.63) is 22.5 Å². The molecule has 54 valence electrons. The Hall–Kier alpha value is -1.45. The third-order valence-electron chi connectivity index (χ3n) is 1.08. The minimum Gasteiger partial charge on any atom is -0.492 e. The molecule has 0 fully saturated rings. The number of ether oxygens (including phenoxy) is 1. The Kier molecular flexibility index (Phi) is 1.62. The van der Waals surface area contributed by atoms with Crippen molar-refractivity contribution >= 4 is 0 Å². The molecule has 0 atom stereocenters. The summed E-state index contributed by atoms with van der Waals surface area (Å²) in [7, 11) is 1.41. The van der Waals surface area contributed by atoms with Crippen molar-refractivity contribution in [1.82, 2.24) is 4.98 Å². The molecule has 0 unspecified atom stereocenters. The molecule has 0 spiro atoms. The molecule has 2 N–H and O–H groups in total. The number of hydrogen-bond acceptors (Lipinski definition) is 3. The highest BCUT2D eigenvalue weighted by Gasteiger charge is 1.98. The molecule has 0 bridgehead atoms. The first kappa shape index (κ1) is 6.67. The van der Waals surface area contributed by atoms with E-state index in [0.29, 0.717) is 0 Å². The van der Waals surface area contributed by atoms with Crippen molar-refractivity contribution in [1.29, 1.82) is 0 Å². The smallest absolute Gasteiger partial charge is 0.250 e. The zero-order chi connectivity index (χ0) is 7.56. The number of pyridine rings is 1. The Bertz CT molecular complexity index is 279. The highest BCUT2D eigenvalue weighted by atomic mass is 16.5. The number of methoxy groups -OCH3 is 1. The predicted molar refractivity (Wildman–Crippen MR) is 35.3 cm³/mol. The van der Waals surface area contributed by atoms with E-state index >= 15 is 0 Å². The van der Waals surface area contributed by atoms with Crippen LogP contribution in [-0.4, -0.2) is 17.2 Å². The Balaban J connectivity index is 3.19. The van der Waals surface area contributed by atoms with E-state index in [1.54, 1.807) is 0 Å². The summed E-state index contributed by atoms with van der Waals surface area (Å²) in [6, 6.07) is 2.67. The van der Waals surface area contributed by atoms with Gasteiger partial charge in [-0.25, -0.2) is 0 Å². The molecular weight excluding hydrogens is 134 g/mol. The van der Waals surface area contributed by atoms with Crippen LogP contribution in [-0.2, 0) is 0 Å². The summed E-state index contributed by atoms with van der Waals surface area (Å²) in [6.07, 6.45) is 0. The number of aromatic amines is 1. The van der Waals surface area contributed by atoms with Crippen LogP contribution in [0.3, 0.4) is 0 Å². The fourth-order valence-electron chi connectivity index (χ4n) is 0.615. The molecule has 0 aliphatic rings. The molecule has 0 aliphatic carbocycles. The van der Waals surface area contributed by atoms with E-state index in [1.165, 1.54) is 19.2 Å². The summed E-state index contributed by atoms with van der Waals surface area (Å²) in [5, 5.41) is 8.91. The lowest BCUT2D eigenvalue weighted by atomic mass is 10.4. The van der Waals surface area contributed by atoms with E-state index in [1.807, 2.05) is 0 Å². The number of hydrogen-bond donors (Lipinski definition) is 2. The van der Waals surface area contributed by atoms with Crippen LogP contribution in [0.15, 0.2) is 16.9 Å². The lowest BCUT2D eigenvalue weighted by molar-refractivity contribution is 0.362. The van der Waals surface area contributed by atoms with Crippen LogP contribution in [0.2, 0.25) is 0 Å². The highest BCUT2D eigenvalue weighted by Crippen LogP contribution is 2.18. The van der Waals surface area contributed by atoms with Gasteiger partial charge < -0.3 is 9.84 Å². The van der Waals surface area contributed by atoms with Gasteiger partial charge in [0.25, 0.3) is 5.56 Å². The van der Waals surface area contributed by atoms with Gasteiger partial charge in [-0.15, -0.1) is 0 Å². The summed E-state index contributed by atoms with van der Waals surface area (Å²) >= 11 is 0. The summed E-state index contributed by atoms with van der Waals surface area (Å²) in [5.74, 6) is 0.0228. The van der Waals surface area contributed by atoms with E-state index in [4.69, 9.17) is 5.11 Å². The maximum absolute atomic E-state index is 10.5. The molecular formula is C6H7NO3. The van der Waals surface area contributed by atoms with E-state index in [-0.39, 0.29) is 17.2 Å². The monoisotopic (exact) mass is 141 g/mol. The summed E-state index contributed by atoms with van der Waals surface area (Å²) < 4.78 is 4.68. The first-order valence-electron chi connectivity index (χ1n) is 2.70. The second kappa shape index (κ2) is 2.43. The van der Waals surface area contributed by atoms with Gasteiger partial charge in [0.1, 0.15) is 0 Å². The normalized spacial score (nSPS) is 9.30. The average molecular weight is 141 g/mol. The average Bonchev–Trinajstić information content (AvgIpc) is 1.88. The van der Waals surface area contributed by atoms with E-state index in [9.17, 15) is 4.79 Å². The number of H-pyrrole nitrogens is 1. The first-order chi connectivity index (χ1) is 4.74. The Morgan fingerprint density at radius 1 is 1.60 bits per heavy atom. The van der Waals surface area contributed by atoms with Gasteiger partial charge in [-0.1, -0.05) is 0 Å². The minimum absolute atomic E-state index is 0.241. The molecule has 0 aromatic carbocycles. The van der Waals surface area contributed by atoms with Gasteiger partial charge in [0.15, 0.2) is 5.75 Å². The maximum atomic E-state index is 10.5. The van der Waals surface area contributed by atoms with Gasteiger partial charge in [-0.05, 0) is 6.07 Å². The highest BCUT2D eigenvalue weighted by molar-refractivity contribution is 5.30. The summed E-state index contributed by atoms with van der Waals surface area (Å²) in [5.41, 5.74) is -0.349. The number of rotatable bonds is 1. The largest absolute Gasteiger partial charge is 0.492 e. The molecule has 1 aromatic heterocycles. The lowest BCUT2D eigenvalue weighted by Gasteiger charge is -1.98. The van der Waals surface area contributed by atoms with Crippen LogP contribution in [0.4, 0.5) is 0 Å². The Morgan fingerprint density at radius 2 is 2.30 bits per heavy atom. The van der Waals surface area contributed by atoms with Gasteiger partial charge >= 0.3 is 0 Å². The fourth-order valence-corrected chi connectivity index (χ4v) is 0.615. The van der Waals surface area contributed by atoms with Gasteiger partial charge in [-0.2, -0.15) is 0 Å². The number of nitrogens with one attached hydrogen (secondary N) is 1. The van der Waals surface area contributed by atoms with Crippen LogP contribution < -0.4 is 10.3 Å². The molecule has 0 aliphatic heterocycles. The lowest BCUT2D eigenvalue weighted by Crippen LogP contribution is -2.02. The minimum atomic E-state index is -0.349. The molecule has 0 saturated heterocycles. The maximum Gasteiger partial charge on any atom is 0.250 e. The standard InChI is InChI=1S/C6H7NO3/c1-10-4-2-3-5(8)7-6(4)9/h2-3H,1H3,(H2,7,8,9). The van der Waals surface area contributed by atoms with Crippen molar-refractivity contribution in [3.63, 3.8) is 0 Å².